The molecule has 2 aromatic carbocycles. The van der Waals surface area contributed by atoms with E-state index in [4.69, 9.17) is 21.3 Å². The van der Waals surface area contributed by atoms with E-state index in [2.05, 4.69) is 10.6 Å². The molecular formula is C31H38ClF3N4O4. The lowest BCUT2D eigenvalue weighted by atomic mass is 10.0. The average Bonchev–Trinajstić information content (AvgIpc) is 3.36. The number of imidazole rings is 1. The van der Waals surface area contributed by atoms with E-state index in [-0.39, 0.29) is 47.2 Å². The van der Waals surface area contributed by atoms with Gasteiger partial charge >= 0.3 is 6.18 Å². The first-order valence-electron chi connectivity index (χ1n) is 14.1. The van der Waals surface area contributed by atoms with Crippen LogP contribution in [0.5, 0.6) is 5.75 Å². The Labute approximate surface area is 254 Å². The average molecular weight is 623 g/mol. The van der Waals surface area contributed by atoms with Crippen molar-refractivity contribution in [2.75, 3.05) is 6.61 Å². The Kier molecular flexibility index (Phi) is 11.6. The number of nitrogens with zero attached hydrogens (tertiary/aromatic N) is 2. The first-order chi connectivity index (χ1) is 20.2. The number of carbonyl (C=O) groups excluding carboxylic acids is 2. The molecule has 12 heteroatoms. The van der Waals surface area contributed by atoms with Crippen LogP contribution in [0.4, 0.5) is 13.2 Å². The second kappa shape index (κ2) is 14.7. The van der Waals surface area contributed by atoms with Gasteiger partial charge in [0.1, 0.15) is 11.6 Å². The van der Waals surface area contributed by atoms with Crippen molar-refractivity contribution in [2.45, 2.75) is 78.4 Å². The summed E-state index contributed by atoms with van der Waals surface area (Å²) in [6.07, 6.45) is -3.94. The number of benzene rings is 2. The second-order valence-electron chi connectivity index (χ2n) is 10.7. The highest BCUT2D eigenvalue weighted by molar-refractivity contribution is 6.32. The molecule has 3 atom stereocenters. The summed E-state index contributed by atoms with van der Waals surface area (Å²) >= 11 is 6.10. The third-order valence-electron chi connectivity index (χ3n) is 6.96. The number of aromatic nitrogens is 2. The zero-order valence-corrected chi connectivity index (χ0v) is 25.6. The standard InChI is InChI=1S/C31H38ClF3N4O4/c1-6-39-17-26(38-29(39)28(18(2)3)36-20(5)41)22-9-7-21(8-10-22)15-24(13-14-40)37-30(42)23-11-12-27(25(32)16-23)43-19(4)31(33,34)35/h7-12,16-19,24,28,40H,6,13-15H2,1-5H3,(H,36,41)(H,37,42)/t19?,24?,28-/m1/s1. The molecule has 2 amide bonds. The number of nitrogens with one attached hydrogen (secondary N) is 2. The first kappa shape index (κ1) is 33.9. The van der Waals surface area contributed by atoms with Crippen LogP contribution in [0.1, 0.15) is 68.8 Å². The van der Waals surface area contributed by atoms with Crippen LogP contribution in [0.2, 0.25) is 5.02 Å². The van der Waals surface area contributed by atoms with E-state index in [9.17, 15) is 27.9 Å². The number of amides is 2. The van der Waals surface area contributed by atoms with Crippen molar-refractivity contribution in [1.29, 1.82) is 0 Å². The summed E-state index contributed by atoms with van der Waals surface area (Å²) in [4.78, 5) is 29.6. The molecule has 0 saturated carbocycles. The van der Waals surface area contributed by atoms with E-state index >= 15 is 0 Å². The Morgan fingerprint density at radius 2 is 1.77 bits per heavy atom. The van der Waals surface area contributed by atoms with Crippen molar-refractivity contribution in [1.82, 2.24) is 20.2 Å². The SMILES string of the molecule is CCn1cc(-c2ccc(CC(CCO)NC(=O)c3ccc(OC(C)C(F)(F)F)c(Cl)c3)cc2)nc1[C@H](NC(C)=O)C(C)C. The van der Waals surface area contributed by atoms with Crippen LogP contribution >= 0.6 is 11.6 Å². The smallest absolute Gasteiger partial charge is 0.425 e. The Balaban J connectivity index is 1.72. The van der Waals surface area contributed by atoms with Gasteiger partial charge in [-0.15, -0.1) is 0 Å². The summed E-state index contributed by atoms with van der Waals surface area (Å²) in [5.74, 6) is 0.145. The third kappa shape index (κ3) is 9.21. The number of halogens is 4. The molecule has 3 aromatic rings. The molecule has 0 bridgehead atoms. The molecule has 0 fully saturated rings. The maximum atomic E-state index is 12.9. The number of hydrogen-bond donors (Lipinski definition) is 3. The van der Waals surface area contributed by atoms with Gasteiger partial charge in [-0.2, -0.15) is 13.2 Å². The van der Waals surface area contributed by atoms with E-state index in [1.165, 1.54) is 25.1 Å². The summed E-state index contributed by atoms with van der Waals surface area (Å²) in [5, 5.41) is 15.3. The second-order valence-corrected chi connectivity index (χ2v) is 11.1. The van der Waals surface area contributed by atoms with Crippen LogP contribution in [0.25, 0.3) is 11.3 Å². The van der Waals surface area contributed by atoms with E-state index in [1.807, 2.05) is 55.8 Å². The Morgan fingerprint density at radius 1 is 1.09 bits per heavy atom. The lowest BCUT2D eigenvalue weighted by molar-refractivity contribution is -0.189. The number of aryl methyl sites for hydroxylation is 1. The quantitative estimate of drug-likeness (QED) is 0.213. The van der Waals surface area contributed by atoms with Crippen molar-refractivity contribution >= 4 is 23.4 Å². The van der Waals surface area contributed by atoms with Crippen LogP contribution in [0.15, 0.2) is 48.7 Å². The van der Waals surface area contributed by atoms with Gasteiger partial charge in [-0.1, -0.05) is 49.7 Å². The molecule has 2 unspecified atom stereocenters. The van der Waals surface area contributed by atoms with Crippen LogP contribution < -0.4 is 15.4 Å². The molecule has 3 rings (SSSR count). The zero-order chi connectivity index (χ0) is 31.9. The van der Waals surface area contributed by atoms with Crippen LogP contribution in [0.3, 0.4) is 0 Å². The van der Waals surface area contributed by atoms with Gasteiger partial charge in [-0.05, 0) is 56.4 Å². The predicted molar refractivity (Wildman–Crippen MR) is 159 cm³/mol. The predicted octanol–water partition coefficient (Wildman–Crippen LogP) is 6.11. The number of hydrogen-bond acceptors (Lipinski definition) is 5. The van der Waals surface area contributed by atoms with Gasteiger partial charge in [0.2, 0.25) is 5.91 Å². The summed E-state index contributed by atoms with van der Waals surface area (Å²) < 4.78 is 45.4. The van der Waals surface area contributed by atoms with Gasteiger partial charge in [-0.25, -0.2) is 4.98 Å². The monoisotopic (exact) mass is 622 g/mol. The summed E-state index contributed by atoms with van der Waals surface area (Å²) in [7, 11) is 0. The van der Waals surface area contributed by atoms with Gasteiger partial charge in [0, 0.05) is 43.4 Å². The Morgan fingerprint density at radius 3 is 2.30 bits per heavy atom. The van der Waals surface area contributed by atoms with E-state index < -0.39 is 24.2 Å². The molecule has 43 heavy (non-hydrogen) atoms. The zero-order valence-electron chi connectivity index (χ0n) is 24.8. The highest BCUT2D eigenvalue weighted by atomic mass is 35.5. The highest BCUT2D eigenvalue weighted by Crippen LogP contribution is 2.31. The van der Waals surface area contributed by atoms with Crippen molar-refractivity contribution in [3.05, 3.63) is 70.6 Å². The molecule has 234 valence electrons. The topological polar surface area (TPSA) is 105 Å². The minimum Gasteiger partial charge on any atom is -0.480 e. The number of aliphatic hydroxyl groups is 1. The van der Waals surface area contributed by atoms with E-state index in [1.54, 1.807) is 0 Å². The molecule has 3 N–H and O–H groups in total. The molecule has 0 saturated heterocycles. The molecule has 1 heterocycles. The Bertz CT molecular complexity index is 1390. The van der Waals surface area contributed by atoms with Gasteiger partial charge in [0.25, 0.3) is 5.91 Å². The minimum absolute atomic E-state index is 0.121. The van der Waals surface area contributed by atoms with Gasteiger partial charge < -0.3 is 25.0 Å². The lowest BCUT2D eigenvalue weighted by Crippen LogP contribution is -2.37. The number of aliphatic hydroxyl groups excluding tert-OH is 1. The normalized spacial score (nSPS) is 13.8. The minimum atomic E-state index is -4.56. The number of alkyl halides is 3. The molecule has 0 aliphatic rings. The van der Waals surface area contributed by atoms with E-state index in [0.717, 1.165) is 29.6 Å². The van der Waals surface area contributed by atoms with Crippen molar-refractivity contribution in [3.8, 4) is 17.0 Å². The fourth-order valence-corrected chi connectivity index (χ4v) is 4.79. The van der Waals surface area contributed by atoms with Crippen LogP contribution in [-0.2, 0) is 17.8 Å². The molecule has 0 spiro atoms. The highest BCUT2D eigenvalue weighted by Gasteiger charge is 2.38. The fourth-order valence-electron chi connectivity index (χ4n) is 4.56. The van der Waals surface area contributed by atoms with Crippen molar-refractivity contribution < 1.29 is 32.6 Å². The van der Waals surface area contributed by atoms with Gasteiger partial charge in [-0.3, -0.25) is 9.59 Å². The van der Waals surface area contributed by atoms with Gasteiger partial charge in [0.05, 0.1) is 16.8 Å². The lowest BCUT2D eigenvalue weighted by Gasteiger charge is -2.21. The van der Waals surface area contributed by atoms with Gasteiger partial charge in [0.15, 0.2) is 6.10 Å². The molecule has 0 radical (unpaired) electrons. The fraction of sp³-hybridized carbons (Fsp3) is 0.452. The molecule has 0 aliphatic carbocycles. The van der Waals surface area contributed by atoms with Crippen molar-refractivity contribution in [2.24, 2.45) is 5.92 Å². The maximum Gasteiger partial charge on any atom is 0.425 e. The number of carbonyl (C=O) groups is 2. The van der Waals surface area contributed by atoms with Crippen molar-refractivity contribution in [3.63, 3.8) is 0 Å². The third-order valence-corrected chi connectivity index (χ3v) is 7.25. The Hall–Kier alpha value is -3.57. The summed E-state index contributed by atoms with van der Waals surface area (Å²) in [6, 6.07) is 10.9. The summed E-state index contributed by atoms with van der Waals surface area (Å²) in [6.45, 7) is 8.97. The first-order valence-corrected chi connectivity index (χ1v) is 14.5. The number of rotatable bonds is 13. The van der Waals surface area contributed by atoms with E-state index in [0.29, 0.717) is 13.0 Å². The number of ether oxygens (including phenoxy) is 1. The molecule has 8 nitrogen and oxygen atoms in total. The largest absolute Gasteiger partial charge is 0.480 e. The maximum absolute atomic E-state index is 12.9. The van der Waals surface area contributed by atoms with Crippen LogP contribution in [0, 0.1) is 5.92 Å². The van der Waals surface area contributed by atoms with Crippen LogP contribution in [-0.4, -0.2) is 51.4 Å². The molecule has 1 aromatic heterocycles. The summed E-state index contributed by atoms with van der Waals surface area (Å²) in [5.41, 5.74) is 2.73. The molecular weight excluding hydrogens is 585 g/mol. The molecule has 0 aliphatic heterocycles.